The van der Waals surface area contributed by atoms with E-state index in [4.69, 9.17) is 4.74 Å². The largest absolute Gasteiger partial charge is 0.486 e. The lowest BCUT2D eigenvalue weighted by molar-refractivity contribution is -0.0411. The molecular formula is C30H25N3O3. The number of fused-ring (bicyclic) bond motifs is 1. The molecule has 5 rings (SSSR count). The number of carbonyl (C=O) groups is 2. The normalized spacial score (nSPS) is 18.0. The molecule has 0 aromatic heterocycles. The van der Waals surface area contributed by atoms with E-state index in [1.807, 2.05) is 65.6 Å². The third kappa shape index (κ3) is 4.23. The Hall–Kier alpha value is -4.42. The Kier molecular flexibility index (Phi) is 6.27. The molecule has 1 fully saturated rings. The van der Waals surface area contributed by atoms with E-state index < -0.39 is 11.5 Å². The number of hydrogen-bond donors (Lipinski definition) is 0. The van der Waals surface area contributed by atoms with Crippen LogP contribution in [0.15, 0.2) is 72.8 Å². The Labute approximate surface area is 210 Å². The maximum absolute atomic E-state index is 13.7. The molecule has 0 radical (unpaired) electrons. The zero-order valence-electron chi connectivity index (χ0n) is 19.8. The number of hydrogen-bond acceptors (Lipinski definition) is 5. The SMILES string of the molecule is N#CCCC1C(=O)c2ccc(-c3cccc(C#N)c3)cc2OC12CCN(C(=O)c1ccccc1)CC2. The Bertz CT molecular complexity index is 1390. The van der Waals surface area contributed by atoms with Crippen LogP contribution in [0.25, 0.3) is 11.1 Å². The number of benzene rings is 3. The number of nitriles is 2. The third-order valence-corrected chi connectivity index (χ3v) is 7.30. The highest BCUT2D eigenvalue weighted by molar-refractivity contribution is 6.03. The standard InChI is InChI=1S/C30H25N3O3/c31-15-5-10-26-28(34)25-12-11-24(23-9-4-6-21(18-23)20-32)19-27(25)36-30(26)13-16-33(17-14-30)29(35)22-7-2-1-3-8-22/h1-4,6-9,11-12,18-19,26H,5,10,13-14,16-17H2. The molecule has 1 atom stereocenters. The van der Waals surface area contributed by atoms with E-state index >= 15 is 0 Å². The van der Waals surface area contributed by atoms with Crippen molar-refractivity contribution in [3.8, 4) is 29.0 Å². The summed E-state index contributed by atoms with van der Waals surface area (Å²) in [6.07, 6.45) is 1.72. The van der Waals surface area contributed by atoms with Gasteiger partial charge in [-0.05, 0) is 53.9 Å². The number of Topliss-reactive ketones (excluding diaryl/α,β-unsaturated/α-hetero) is 1. The number of ether oxygens (including phenoxy) is 1. The Morgan fingerprint density at radius 3 is 2.44 bits per heavy atom. The Balaban J connectivity index is 1.45. The minimum atomic E-state index is -0.762. The average Bonchev–Trinajstić information content (AvgIpc) is 2.93. The van der Waals surface area contributed by atoms with Crippen molar-refractivity contribution >= 4 is 11.7 Å². The van der Waals surface area contributed by atoms with Crippen LogP contribution < -0.4 is 4.74 Å². The summed E-state index contributed by atoms with van der Waals surface area (Å²) in [7, 11) is 0. The quantitative estimate of drug-likeness (QED) is 0.504. The minimum Gasteiger partial charge on any atom is -0.486 e. The molecule has 3 aromatic rings. The van der Waals surface area contributed by atoms with Gasteiger partial charge in [0.1, 0.15) is 11.4 Å². The summed E-state index contributed by atoms with van der Waals surface area (Å²) in [5.74, 6) is 0.0511. The number of amides is 1. The van der Waals surface area contributed by atoms with Crippen LogP contribution in [0.4, 0.5) is 0 Å². The van der Waals surface area contributed by atoms with Crippen molar-refractivity contribution in [2.24, 2.45) is 5.92 Å². The molecule has 0 bridgehead atoms. The molecule has 1 amide bonds. The average molecular weight is 476 g/mol. The first-order valence-electron chi connectivity index (χ1n) is 12.1. The van der Waals surface area contributed by atoms with Gasteiger partial charge in [0.15, 0.2) is 5.78 Å². The van der Waals surface area contributed by atoms with Gasteiger partial charge in [0, 0.05) is 37.9 Å². The summed E-state index contributed by atoms with van der Waals surface area (Å²) >= 11 is 0. The second kappa shape index (κ2) is 9.68. The number of nitrogens with zero attached hydrogens (tertiary/aromatic N) is 3. The van der Waals surface area contributed by atoms with Crippen molar-refractivity contribution in [2.75, 3.05) is 13.1 Å². The van der Waals surface area contributed by atoms with E-state index in [-0.39, 0.29) is 18.1 Å². The lowest BCUT2D eigenvalue weighted by Crippen LogP contribution is -2.57. The molecule has 0 N–H and O–H groups in total. The van der Waals surface area contributed by atoms with E-state index in [9.17, 15) is 20.1 Å². The van der Waals surface area contributed by atoms with E-state index in [1.165, 1.54) is 0 Å². The van der Waals surface area contributed by atoms with Crippen LogP contribution in [-0.4, -0.2) is 35.3 Å². The Morgan fingerprint density at radius 2 is 1.72 bits per heavy atom. The van der Waals surface area contributed by atoms with Crippen LogP contribution in [0.3, 0.4) is 0 Å². The van der Waals surface area contributed by atoms with Gasteiger partial charge in [-0.25, -0.2) is 0 Å². The maximum Gasteiger partial charge on any atom is 0.253 e. The molecule has 2 aliphatic heterocycles. The molecule has 36 heavy (non-hydrogen) atoms. The molecule has 6 heteroatoms. The molecule has 3 aromatic carbocycles. The maximum atomic E-state index is 13.7. The molecule has 178 valence electrons. The van der Waals surface area contributed by atoms with Gasteiger partial charge in [-0.3, -0.25) is 9.59 Å². The second-order valence-corrected chi connectivity index (χ2v) is 9.34. The van der Waals surface area contributed by atoms with Crippen molar-refractivity contribution in [3.63, 3.8) is 0 Å². The zero-order chi connectivity index (χ0) is 25.1. The fourth-order valence-corrected chi connectivity index (χ4v) is 5.38. The third-order valence-electron chi connectivity index (χ3n) is 7.30. The van der Waals surface area contributed by atoms with Crippen molar-refractivity contribution < 1.29 is 14.3 Å². The topological polar surface area (TPSA) is 94.2 Å². The van der Waals surface area contributed by atoms with Gasteiger partial charge in [0.05, 0.1) is 29.2 Å². The summed E-state index contributed by atoms with van der Waals surface area (Å²) in [5.41, 5.74) is 2.70. The fraction of sp³-hybridized carbons (Fsp3) is 0.267. The Morgan fingerprint density at radius 1 is 0.972 bits per heavy atom. The summed E-state index contributed by atoms with van der Waals surface area (Å²) in [5, 5.41) is 18.5. The van der Waals surface area contributed by atoms with E-state index in [0.29, 0.717) is 54.8 Å². The smallest absolute Gasteiger partial charge is 0.253 e. The van der Waals surface area contributed by atoms with Crippen LogP contribution in [0.2, 0.25) is 0 Å². The highest BCUT2D eigenvalue weighted by Crippen LogP contribution is 2.46. The number of likely N-dealkylation sites (tertiary alicyclic amines) is 1. The molecular weight excluding hydrogens is 450 g/mol. The van der Waals surface area contributed by atoms with Crippen molar-refractivity contribution in [3.05, 3.63) is 89.5 Å². The van der Waals surface area contributed by atoms with Crippen LogP contribution in [0.5, 0.6) is 5.75 Å². The molecule has 0 aliphatic carbocycles. The van der Waals surface area contributed by atoms with Gasteiger partial charge in [0.25, 0.3) is 5.91 Å². The molecule has 1 saturated heterocycles. The summed E-state index contributed by atoms with van der Waals surface area (Å²) in [6, 6.07) is 26.4. The minimum absolute atomic E-state index is 0.00772. The van der Waals surface area contributed by atoms with Crippen LogP contribution in [-0.2, 0) is 0 Å². The van der Waals surface area contributed by atoms with Crippen LogP contribution >= 0.6 is 0 Å². The van der Waals surface area contributed by atoms with Crippen molar-refractivity contribution in [2.45, 2.75) is 31.3 Å². The molecule has 2 heterocycles. The van der Waals surface area contributed by atoms with Crippen LogP contribution in [0.1, 0.15) is 52.0 Å². The van der Waals surface area contributed by atoms with Gasteiger partial charge >= 0.3 is 0 Å². The second-order valence-electron chi connectivity index (χ2n) is 9.34. The lowest BCUT2D eigenvalue weighted by Gasteiger charge is -2.48. The van der Waals surface area contributed by atoms with Gasteiger partial charge < -0.3 is 9.64 Å². The van der Waals surface area contributed by atoms with Gasteiger partial charge in [0.2, 0.25) is 0 Å². The van der Waals surface area contributed by atoms with Gasteiger partial charge in [-0.15, -0.1) is 0 Å². The van der Waals surface area contributed by atoms with E-state index in [0.717, 1.165) is 11.1 Å². The molecule has 2 aliphatic rings. The fourth-order valence-electron chi connectivity index (χ4n) is 5.38. The zero-order valence-corrected chi connectivity index (χ0v) is 19.8. The van der Waals surface area contributed by atoms with Gasteiger partial charge in [-0.1, -0.05) is 36.4 Å². The monoisotopic (exact) mass is 475 g/mol. The van der Waals surface area contributed by atoms with Crippen molar-refractivity contribution in [1.29, 1.82) is 10.5 Å². The highest BCUT2D eigenvalue weighted by Gasteiger charge is 2.51. The predicted molar refractivity (Wildman–Crippen MR) is 134 cm³/mol. The number of carbonyl (C=O) groups excluding carboxylic acids is 2. The summed E-state index contributed by atoms with van der Waals surface area (Å²) in [4.78, 5) is 28.5. The number of piperidine rings is 1. The summed E-state index contributed by atoms with van der Waals surface area (Å²) < 4.78 is 6.66. The van der Waals surface area contributed by atoms with Crippen LogP contribution in [0, 0.1) is 28.6 Å². The first kappa shape index (κ1) is 23.3. The van der Waals surface area contributed by atoms with E-state index in [2.05, 4.69) is 12.1 Å². The number of ketones is 1. The first-order chi connectivity index (χ1) is 17.5. The number of rotatable bonds is 4. The first-order valence-corrected chi connectivity index (χ1v) is 12.1. The molecule has 1 unspecified atom stereocenters. The lowest BCUT2D eigenvalue weighted by atomic mass is 9.71. The highest BCUT2D eigenvalue weighted by atomic mass is 16.5. The van der Waals surface area contributed by atoms with Gasteiger partial charge in [-0.2, -0.15) is 10.5 Å². The molecule has 1 spiro atoms. The summed E-state index contributed by atoms with van der Waals surface area (Å²) in [6.45, 7) is 0.951. The van der Waals surface area contributed by atoms with Crippen molar-refractivity contribution in [1.82, 2.24) is 4.90 Å². The molecule has 0 saturated carbocycles. The van der Waals surface area contributed by atoms with E-state index in [1.54, 1.807) is 12.1 Å². The molecule has 6 nitrogen and oxygen atoms in total. The predicted octanol–water partition coefficient (Wildman–Crippen LogP) is 5.40.